The van der Waals surface area contributed by atoms with E-state index in [2.05, 4.69) is 0 Å². The molecule has 0 atom stereocenters. The molecule has 0 aliphatic heterocycles. The van der Waals surface area contributed by atoms with Crippen LogP contribution in [0.25, 0.3) is 0 Å². The molecule has 0 spiro atoms. The Labute approximate surface area is 151 Å². The third-order valence-corrected chi connectivity index (χ3v) is 6.76. The molecule has 0 saturated heterocycles. The average Bonchev–Trinajstić information content (AvgIpc) is 2.51. The van der Waals surface area contributed by atoms with Crippen molar-refractivity contribution in [3.05, 3.63) is 33.8 Å². The van der Waals surface area contributed by atoms with Gasteiger partial charge in [-0.2, -0.15) is 0 Å². The molecule has 5 rings (SSSR count). The SMILES string of the molecule is O=C(OCC(=O)C12CC3CC(CC(C3)C1)C2)c1c(Cl)cccc1Cl. The summed E-state index contributed by atoms with van der Waals surface area (Å²) >= 11 is 12.1. The van der Waals surface area contributed by atoms with Crippen molar-refractivity contribution in [2.24, 2.45) is 23.2 Å². The summed E-state index contributed by atoms with van der Waals surface area (Å²) in [6, 6.07) is 4.85. The van der Waals surface area contributed by atoms with Crippen molar-refractivity contribution in [1.29, 1.82) is 0 Å². The topological polar surface area (TPSA) is 43.4 Å². The van der Waals surface area contributed by atoms with Crippen LogP contribution in [0.5, 0.6) is 0 Å². The van der Waals surface area contributed by atoms with Gasteiger partial charge in [0.1, 0.15) is 0 Å². The molecule has 1 aromatic rings. The maximum atomic E-state index is 12.9. The zero-order valence-electron chi connectivity index (χ0n) is 13.4. The molecular formula is C19H20Cl2O3. The Balaban J connectivity index is 1.45. The molecule has 24 heavy (non-hydrogen) atoms. The van der Waals surface area contributed by atoms with E-state index < -0.39 is 5.97 Å². The fourth-order valence-corrected chi connectivity index (χ4v) is 6.05. The van der Waals surface area contributed by atoms with Crippen LogP contribution in [0.2, 0.25) is 10.0 Å². The van der Waals surface area contributed by atoms with E-state index >= 15 is 0 Å². The van der Waals surface area contributed by atoms with Gasteiger partial charge in [0.05, 0.1) is 15.6 Å². The maximum absolute atomic E-state index is 12.9. The molecule has 0 amide bonds. The van der Waals surface area contributed by atoms with Crippen molar-refractivity contribution >= 4 is 35.0 Å². The molecule has 4 aliphatic carbocycles. The number of esters is 1. The minimum Gasteiger partial charge on any atom is -0.454 e. The molecule has 4 aliphatic rings. The van der Waals surface area contributed by atoms with E-state index in [-0.39, 0.29) is 33.4 Å². The summed E-state index contributed by atoms with van der Waals surface area (Å²) in [7, 11) is 0. The molecule has 0 radical (unpaired) electrons. The number of hydrogen-bond acceptors (Lipinski definition) is 3. The Morgan fingerprint density at radius 1 is 1.00 bits per heavy atom. The maximum Gasteiger partial charge on any atom is 0.341 e. The van der Waals surface area contributed by atoms with Crippen molar-refractivity contribution < 1.29 is 14.3 Å². The highest BCUT2D eigenvalue weighted by Crippen LogP contribution is 2.60. The first kappa shape index (κ1) is 16.4. The van der Waals surface area contributed by atoms with E-state index in [1.54, 1.807) is 18.2 Å². The summed E-state index contributed by atoms with van der Waals surface area (Å²) < 4.78 is 5.28. The van der Waals surface area contributed by atoms with Gasteiger partial charge in [-0.15, -0.1) is 0 Å². The number of benzene rings is 1. The van der Waals surface area contributed by atoms with Crippen LogP contribution in [0.3, 0.4) is 0 Å². The van der Waals surface area contributed by atoms with E-state index in [0.29, 0.717) is 17.8 Å². The van der Waals surface area contributed by atoms with Crippen molar-refractivity contribution in [3.63, 3.8) is 0 Å². The van der Waals surface area contributed by atoms with Crippen molar-refractivity contribution in [3.8, 4) is 0 Å². The van der Waals surface area contributed by atoms with E-state index in [1.807, 2.05) is 0 Å². The number of ketones is 1. The molecule has 0 unspecified atom stereocenters. The fourth-order valence-electron chi connectivity index (χ4n) is 5.50. The monoisotopic (exact) mass is 366 g/mol. The molecular weight excluding hydrogens is 347 g/mol. The van der Waals surface area contributed by atoms with Crippen molar-refractivity contribution in [2.75, 3.05) is 6.61 Å². The minimum absolute atomic E-state index is 0.0816. The number of Topliss-reactive ketones (excluding diaryl/α,β-unsaturated/α-hetero) is 1. The third-order valence-electron chi connectivity index (χ3n) is 6.13. The first-order chi connectivity index (χ1) is 11.5. The van der Waals surface area contributed by atoms with Gasteiger partial charge in [-0.1, -0.05) is 29.3 Å². The van der Waals surface area contributed by atoms with E-state index in [0.717, 1.165) is 19.3 Å². The second-order valence-corrected chi connectivity index (χ2v) is 8.61. The second kappa shape index (κ2) is 6.03. The van der Waals surface area contributed by atoms with Gasteiger partial charge >= 0.3 is 5.97 Å². The predicted octanol–water partition coefficient (Wildman–Crippen LogP) is 4.94. The van der Waals surface area contributed by atoms with Crippen LogP contribution in [0.15, 0.2) is 18.2 Å². The number of carbonyl (C=O) groups excluding carboxylic acids is 2. The number of carbonyl (C=O) groups is 2. The summed E-state index contributed by atoms with van der Waals surface area (Å²) in [6.07, 6.45) is 6.76. The van der Waals surface area contributed by atoms with Crippen LogP contribution >= 0.6 is 23.2 Å². The summed E-state index contributed by atoms with van der Waals surface area (Å²) in [5.41, 5.74) is -0.113. The molecule has 128 valence electrons. The number of rotatable bonds is 4. The molecule has 5 heteroatoms. The van der Waals surface area contributed by atoms with E-state index in [9.17, 15) is 9.59 Å². The fraction of sp³-hybridized carbons (Fsp3) is 0.579. The number of halogens is 2. The van der Waals surface area contributed by atoms with Crippen LogP contribution < -0.4 is 0 Å². The lowest BCUT2D eigenvalue weighted by atomic mass is 9.48. The quantitative estimate of drug-likeness (QED) is 0.709. The largest absolute Gasteiger partial charge is 0.454 e. The van der Waals surface area contributed by atoms with Crippen LogP contribution in [-0.2, 0) is 9.53 Å². The molecule has 0 heterocycles. The van der Waals surface area contributed by atoms with Crippen molar-refractivity contribution in [2.45, 2.75) is 38.5 Å². The van der Waals surface area contributed by atoms with Crippen LogP contribution in [0.4, 0.5) is 0 Å². The van der Waals surface area contributed by atoms with Gasteiger partial charge < -0.3 is 4.74 Å². The van der Waals surface area contributed by atoms with Gasteiger partial charge in [0, 0.05) is 5.41 Å². The molecule has 4 fully saturated rings. The molecule has 0 aromatic heterocycles. The molecule has 1 aromatic carbocycles. The van der Waals surface area contributed by atoms with Gasteiger partial charge in [0.25, 0.3) is 0 Å². The highest BCUT2D eigenvalue weighted by molar-refractivity contribution is 6.39. The number of hydrogen-bond donors (Lipinski definition) is 0. The number of ether oxygens (including phenoxy) is 1. The highest BCUT2D eigenvalue weighted by Gasteiger charge is 2.54. The lowest BCUT2D eigenvalue weighted by Gasteiger charge is -2.55. The molecule has 4 bridgehead atoms. The smallest absolute Gasteiger partial charge is 0.341 e. The Kier molecular flexibility index (Phi) is 4.12. The molecule has 4 saturated carbocycles. The Morgan fingerprint density at radius 3 is 2.00 bits per heavy atom. The van der Waals surface area contributed by atoms with Gasteiger partial charge in [-0.25, -0.2) is 4.79 Å². The predicted molar refractivity (Wildman–Crippen MR) is 92.4 cm³/mol. The normalized spacial score (nSPS) is 33.5. The van der Waals surface area contributed by atoms with Gasteiger partial charge in [-0.3, -0.25) is 4.79 Å². The first-order valence-electron chi connectivity index (χ1n) is 8.61. The first-order valence-corrected chi connectivity index (χ1v) is 9.37. The highest BCUT2D eigenvalue weighted by atomic mass is 35.5. The van der Waals surface area contributed by atoms with E-state index in [1.165, 1.54) is 19.3 Å². The van der Waals surface area contributed by atoms with Crippen LogP contribution in [0.1, 0.15) is 48.9 Å². The second-order valence-electron chi connectivity index (χ2n) is 7.79. The Bertz CT molecular complexity index is 642. The summed E-state index contributed by atoms with van der Waals surface area (Å²) in [5, 5.41) is 0.490. The molecule has 3 nitrogen and oxygen atoms in total. The molecule has 0 N–H and O–H groups in total. The van der Waals surface area contributed by atoms with Gasteiger partial charge in [-0.05, 0) is 68.4 Å². The Morgan fingerprint density at radius 2 is 1.50 bits per heavy atom. The third kappa shape index (κ3) is 2.76. The van der Waals surface area contributed by atoms with Gasteiger partial charge in [0.15, 0.2) is 12.4 Å². The van der Waals surface area contributed by atoms with E-state index in [4.69, 9.17) is 27.9 Å². The minimum atomic E-state index is -0.622. The van der Waals surface area contributed by atoms with Crippen LogP contribution in [0, 0.1) is 23.2 Å². The lowest BCUT2D eigenvalue weighted by molar-refractivity contribution is -0.147. The zero-order chi connectivity index (χ0) is 16.9. The lowest BCUT2D eigenvalue weighted by Crippen LogP contribution is -2.51. The summed E-state index contributed by atoms with van der Waals surface area (Å²) in [4.78, 5) is 25.1. The summed E-state index contributed by atoms with van der Waals surface area (Å²) in [5.74, 6) is 1.53. The average molecular weight is 367 g/mol. The zero-order valence-corrected chi connectivity index (χ0v) is 14.9. The standard InChI is InChI=1S/C19H20Cl2O3/c20-14-2-1-3-15(21)17(14)18(23)24-10-16(22)19-7-11-4-12(8-19)6-13(5-11)9-19/h1-3,11-13H,4-10H2. The van der Waals surface area contributed by atoms with Gasteiger partial charge in [0.2, 0.25) is 0 Å². The summed E-state index contributed by atoms with van der Waals surface area (Å²) in [6.45, 7) is -0.174. The Hall–Kier alpha value is -1.06. The van der Waals surface area contributed by atoms with Crippen molar-refractivity contribution in [1.82, 2.24) is 0 Å². The van der Waals surface area contributed by atoms with Crippen LogP contribution in [-0.4, -0.2) is 18.4 Å².